The van der Waals surface area contributed by atoms with E-state index < -0.39 is 0 Å². The molecule has 3 nitrogen and oxygen atoms in total. The van der Waals surface area contributed by atoms with Gasteiger partial charge in [-0.1, -0.05) is 20.3 Å². The molecule has 0 saturated heterocycles. The second-order valence-corrected chi connectivity index (χ2v) is 9.30. The van der Waals surface area contributed by atoms with Gasteiger partial charge in [0, 0.05) is 11.6 Å². The fourth-order valence-corrected chi connectivity index (χ4v) is 7.22. The molecule has 0 unspecified atom stereocenters. The van der Waals surface area contributed by atoms with Crippen molar-refractivity contribution in [1.82, 2.24) is 0 Å². The third-order valence-corrected chi connectivity index (χ3v) is 8.28. The lowest BCUT2D eigenvalue weighted by molar-refractivity contribution is -0.0788. The Balaban J connectivity index is 1.72. The molecule has 22 heavy (non-hydrogen) atoms. The van der Waals surface area contributed by atoms with Crippen LogP contribution >= 0.6 is 0 Å². The van der Waals surface area contributed by atoms with Gasteiger partial charge >= 0.3 is 0 Å². The van der Waals surface area contributed by atoms with E-state index in [4.69, 9.17) is 5.84 Å². The number of nitrogens with zero attached hydrogens (tertiary/aromatic N) is 1. The van der Waals surface area contributed by atoms with Crippen molar-refractivity contribution in [2.75, 3.05) is 0 Å². The molecule has 4 aliphatic rings. The van der Waals surface area contributed by atoms with Gasteiger partial charge in [-0.25, -0.2) is 0 Å². The third kappa shape index (κ3) is 1.93. The summed E-state index contributed by atoms with van der Waals surface area (Å²) in [4.78, 5) is 0. The van der Waals surface area contributed by atoms with Gasteiger partial charge in [0.2, 0.25) is 0 Å². The molecule has 0 aliphatic heterocycles. The maximum atomic E-state index is 10.1. The molecule has 0 aromatic carbocycles. The summed E-state index contributed by atoms with van der Waals surface area (Å²) >= 11 is 0. The van der Waals surface area contributed by atoms with Crippen LogP contribution in [0.3, 0.4) is 0 Å². The van der Waals surface area contributed by atoms with Gasteiger partial charge in [0.25, 0.3) is 0 Å². The Morgan fingerprint density at radius 3 is 2.73 bits per heavy atom. The highest BCUT2D eigenvalue weighted by Gasteiger charge is 2.60. The largest absolute Gasteiger partial charge is 0.393 e. The molecular weight excluding hydrogens is 272 g/mol. The van der Waals surface area contributed by atoms with Crippen LogP contribution in [0, 0.1) is 34.5 Å². The minimum atomic E-state index is -0.0757. The van der Waals surface area contributed by atoms with Gasteiger partial charge in [0.05, 0.1) is 6.10 Å². The van der Waals surface area contributed by atoms with Crippen LogP contribution in [0.15, 0.2) is 5.10 Å². The average molecular weight is 304 g/mol. The van der Waals surface area contributed by atoms with Crippen molar-refractivity contribution in [1.29, 1.82) is 0 Å². The second-order valence-electron chi connectivity index (χ2n) is 9.30. The molecule has 4 saturated carbocycles. The summed E-state index contributed by atoms with van der Waals surface area (Å²) in [7, 11) is 0. The van der Waals surface area contributed by atoms with E-state index in [0.29, 0.717) is 22.7 Å². The maximum Gasteiger partial charge on any atom is 0.0543 e. The smallest absolute Gasteiger partial charge is 0.0543 e. The molecule has 4 rings (SSSR count). The summed E-state index contributed by atoms with van der Waals surface area (Å²) in [6.45, 7) is 4.98. The summed E-state index contributed by atoms with van der Waals surface area (Å²) in [5.41, 5.74) is 2.09. The van der Waals surface area contributed by atoms with Crippen LogP contribution < -0.4 is 5.84 Å². The van der Waals surface area contributed by atoms with Crippen LogP contribution in [-0.2, 0) is 0 Å². The minimum absolute atomic E-state index is 0.0757. The Kier molecular flexibility index (Phi) is 3.38. The quantitative estimate of drug-likeness (QED) is 0.529. The maximum absolute atomic E-state index is 10.1. The number of hydrogen-bond donors (Lipinski definition) is 2. The van der Waals surface area contributed by atoms with Gasteiger partial charge in [0.1, 0.15) is 0 Å². The van der Waals surface area contributed by atoms with Crippen LogP contribution in [0.2, 0.25) is 0 Å². The molecule has 0 aromatic heterocycles. The van der Waals surface area contributed by atoms with E-state index in [1.807, 2.05) is 0 Å². The van der Waals surface area contributed by atoms with Crippen LogP contribution in [0.1, 0.15) is 71.6 Å². The lowest BCUT2D eigenvalue weighted by atomic mass is 9.44. The monoisotopic (exact) mass is 304 g/mol. The molecule has 0 amide bonds. The van der Waals surface area contributed by atoms with Gasteiger partial charge < -0.3 is 10.9 Å². The summed E-state index contributed by atoms with van der Waals surface area (Å²) in [6, 6.07) is 0. The Morgan fingerprint density at radius 1 is 1.14 bits per heavy atom. The average Bonchev–Trinajstić information content (AvgIpc) is 2.88. The molecule has 3 heteroatoms. The molecule has 124 valence electrons. The fraction of sp³-hybridized carbons (Fsp3) is 0.947. The number of hydrazone groups is 1. The normalized spacial score (nSPS) is 56.3. The Bertz CT molecular complexity index is 490. The topological polar surface area (TPSA) is 58.6 Å². The minimum Gasteiger partial charge on any atom is -0.393 e. The van der Waals surface area contributed by atoms with Crippen molar-refractivity contribution in [3.63, 3.8) is 0 Å². The van der Waals surface area contributed by atoms with Gasteiger partial charge in [-0.2, -0.15) is 5.10 Å². The van der Waals surface area contributed by atoms with Crippen molar-refractivity contribution in [2.45, 2.75) is 77.7 Å². The molecule has 0 aromatic rings. The van der Waals surface area contributed by atoms with Crippen LogP contribution in [0.5, 0.6) is 0 Å². The van der Waals surface area contributed by atoms with Crippen LogP contribution in [0.4, 0.5) is 0 Å². The van der Waals surface area contributed by atoms with E-state index in [1.54, 1.807) is 0 Å². The second kappa shape index (κ2) is 4.96. The number of aliphatic hydroxyl groups excluding tert-OH is 1. The van der Waals surface area contributed by atoms with E-state index in [-0.39, 0.29) is 6.10 Å². The van der Waals surface area contributed by atoms with Gasteiger partial charge in [-0.05, 0) is 80.0 Å². The van der Waals surface area contributed by atoms with Crippen molar-refractivity contribution in [3.8, 4) is 0 Å². The Hall–Kier alpha value is -0.570. The van der Waals surface area contributed by atoms with Crippen molar-refractivity contribution in [3.05, 3.63) is 0 Å². The molecule has 0 spiro atoms. The van der Waals surface area contributed by atoms with E-state index in [2.05, 4.69) is 18.9 Å². The van der Waals surface area contributed by atoms with Crippen LogP contribution in [-0.4, -0.2) is 16.9 Å². The van der Waals surface area contributed by atoms with Crippen molar-refractivity contribution < 1.29 is 5.11 Å². The summed E-state index contributed by atoms with van der Waals surface area (Å²) in [5, 5.41) is 14.5. The summed E-state index contributed by atoms with van der Waals surface area (Å²) < 4.78 is 0. The van der Waals surface area contributed by atoms with E-state index in [0.717, 1.165) is 37.5 Å². The van der Waals surface area contributed by atoms with E-state index in [9.17, 15) is 5.11 Å². The van der Waals surface area contributed by atoms with E-state index in [1.165, 1.54) is 37.8 Å². The van der Waals surface area contributed by atoms with E-state index >= 15 is 0 Å². The predicted octanol–water partition coefficient (Wildman–Crippen LogP) is 3.70. The number of nitrogens with two attached hydrogens (primary N) is 1. The highest BCUT2D eigenvalue weighted by molar-refractivity contribution is 5.89. The van der Waals surface area contributed by atoms with Crippen LogP contribution in [0.25, 0.3) is 0 Å². The van der Waals surface area contributed by atoms with Gasteiger partial charge in [-0.15, -0.1) is 0 Å². The zero-order chi connectivity index (χ0) is 15.5. The Labute approximate surface area is 134 Å². The highest BCUT2D eigenvalue weighted by Crippen LogP contribution is 2.65. The number of aliphatic hydroxyl groups is 1. The molecule has 3 N–H and O–H groups in total. The molecule has 4 aliphatic carbocycles. The van der Waals surface area contributed by atoms with Crippen molar-refractivity contribution >= 4 is 5.71 Å². The molecule has 0 bridgehead atoms. The highest BCUT2D eigenvalue weighted by atomic mass is 16.3. The zero-order valence-corrected chi connectivity index (χ0v) is 14.2. The third-order valence-electron chi connectivity index (χ3n) is 8.28. The lowest BCUT2D eigenvalue weighted by Crippen LogP contribution is -2.57. The molecule has 0 radical (unpaired) electrons. The van der Waals surface area contributed by atoms with Gasteiger partial charge in [0.15, 0.2) is 0 Å². The first-order chi connectivity index (χ1) is 10.5. The van der Waals surface area contributed by atoms with Gasteiger partial charge in [-0.3, -0.25) is 0 Å². The first-order valence-corrected chi connectivity index (χ1v) is 9.43. The fourth-order valence-electron chi connectivity index (χ4n) is 7.22. The number of fused-ring (bicyclic) bond motifs is 5. The predicted molar refractivity (Wildman–Crippen MR) is 89.4 cm³/mol. The summed E-state index contributed by atoms with van der Waals surface area (Å²) in [6.07, 6.45) is 11.0. The van der Waals surface area contributed by atoms with Crippen molar-refractivity contribution in [2.24, 2.45) is 45.4 Å². The lowest BCUT2D eigenvalue weighted by Gasteiger charge is -2.60. The summed E-state index contributed by atoms with van der Waals surface area (Å²) in [5.74, 6) is 8.82. The standard InChI is InChI=1S/C19H32N2O/c1-18-8-3-4-15(18)14-6-5-12-10-13(22)7-9-19(12,2)17(14)16(11-18)21-20/h12-15,17,22H,3-11,20H2,1-2H3/b21-16-/t12-,13+,14-,15+,17-,18+,19-/m0/s1. The SMILES string of the molecule is C[C@]12CCC[C@@H]1[C@@H]1CC[C@H]3C[C@H](O)CC[C@]3(C)[C@@H]1/C(=N\N)C2. The molecule has 4 fully saturated rings. The molecule has 0 heterocycles. The first kappa shape index (κ1) is 15.0. The molecule has 7 atom stereocenters. The molecular formula is C19H32N2O. The number of hydrogen-bond acceptors (Lipinski definition) is 3. The number of rotatable bonds is 0. The zero-order valence-electron chi connectivity index (χ0n) is 14.2. The first-order valence-electron chi connectivity index (χ1n) is 9.43. The Morgan fingerprint density at radius 2 is 1.95 bits per heavy atom.